The Kier molecular flexibility index (Phi) is 4.15. The SMILES string of the molecule is CCOc1n[nH]c(NS(=O)(=O)c2ccc(C)cc2Cl)n1. The number of halogens is 1. The molecule has 0 atom stereocenters. The first-order chi connectivity index (χ1) is 9.42. The van der Waals surface area contributed by atoms with E-state index in [1.165, 1.54) is 6.07 Å². The number of ether oxygens (including phenoxy) is 1. The lowest BCUT2D eigenvalue weighted by Gasteiger charge is -2.07. The summed E-state index contributed by atoms with van der Waals surface area (Å²) in [4.78, 5) is 3.81. The van der Waals surface area contributed by atoms with Gasteiger partial charge in [-0.2, -0.15) is 4.98 Å². The van der Waals surface area contributed by atoms with Crippen LogP contribution in [0.1, 0.15) is 12.5 Å². The van der Waals surface area contributed by atoms with Crippen LogP contribution < -0.4 is 9.46 Å². The molecule has 1 aromatic heterocycles. The minimum atomic E-state index is -3.83. The number of anilines is 1. The number of sulfonamides is 1. The van der Waals surface area contributed by atoms with E-state index < -0.39 is 10.0 Å². The number of hydrogen-bond donors (Lipinski definition) is 2. The molecular weight excluding hydrogens is 304 g/mol. The maximum Gasteiger partial charge on any atom is 0.337 e. The first kappa shape index (κ1) is 14.6. The van der Waals surface area contributed by atoms with Crippen molar-refractivity contribution in [2.45, 2.75) is 18.7 Å². The Balaban J connectivity index is 2.26. The fourth-order valence-electron chi connectivity index (χ4n) is 1.49. The summed E-state index contributed by atoms with van der Waals surface area (Å²) in [6, 6.07) is 4.73. The Hall–Kier alpha value is -1.80. The fourth-order valence-corrected chi connectivity index (χ4v) is 3.05. The summed E-state index contributed by atoms with van der Waals surface area (Å²) in [5.41, 5.74) is 0.868. The Bertz CT molecular complexity index is 714. The highest BCUT2D eigenvalue weighted by atomic mass is 35.5. The van der Waals surface area contributed by atoms with Crippen molar-refractivity contribution in [2.24, 2.45) is 0 Å². The van der Waals surface area contributed by atoms with Crippen LogP contribution in [0.3, 0.4) is 0 Å². The van der Waals surface area contributed by atoms with Crippen molar-refractivity contribution in [1.29, 1.82) is 0 Å². The number of rotatable bonds is 5. The van der Waals surface area contributed by atoms with E-state index in [1.54, 1.807) is 19.1 Å². The van der Waals surface area contributed by atoms with Crippen molar-refractivity contribution in [3.8, 4) is 6.01 Å². The number of aromatic amines is 1. The van der Waals surface area contributed by atoms with E-state index in [4.69, 9.17) is 16.3 Å². The first-order valence-electron chi connectivity index (χ1n) is 5.76. The van der Waals surface area contributed by atoms with Gasteiger partial charge >= 0.3 is 6.01 Å². The quantitative estimate of drug-likeness (QED) is 0.879. The van der Waals surface area contributed by atoms with Gasteiger partial charge in [-0.1, -0.05) is 17.7 Å². The van der Waals surface area contributed by atoms with Crippen molar-refractivity contribution < 1.29 is 13.2 Å². The molecule has 0 spiro atoms. The highest BCUT2D eigenvalue weighted by Gasteiger charge is 2.20. The van der Waals surface area contributed by atoms with Gasteiger partial charge in [0.1, 0.15) is 4.90 Å². The molecular formula is C11H13ClN4O3S. The lowest BCUT2D eigenvalue weighted by atomic mass is 10.2. The largest absolute Gasteiger partial charge is 0.463 e. The Morgan fingerprint density at radius 1 is 1.45 bits per heavy atom. The fraction of sp³-hybridized carbons (Fsp3) is 0.273. The number of aromatic nitrogens is 3. The molecule has 2 N–H and O–H groups in total. The molecule has 1 heterocycles. The van der Waals surface area contributed by atoms with E-state index in [0.29, 0.717) is 6.61 Å². The minimum Gasteiger partial charge on any atom is -0.463 e. The molecule has 0 fully saturated rings. The van der Waals surface area contributed by atoms with Crippen LogP contribution in [-0.4, -0.2) is 30.2 Å². The third kappa shape index (κ3) is 3.20. The third-order valence-corrected chi connectivity index (χ3v) is 4.17. The molecule has 0 aliphatic rings. The summed E-state index contributed by atoms with van der Waals surface area (Å²) in [6.07, 6.45) is 0. The molecule has 2 aromatic rings. The van der Waals surface area contributed by atoms with E-state index in [-0.39, 0.29) is 21.9 Å². The van der Waals surface area contributed by atoms with E-state index in [1.807, 2.05) is 6.92 Å². The monoisotopic (exact) mass is 316 g/mol. The highest BCUT2D eigenvalue weighted by molar-refractivity contribution is 7.92. The van der Waals surface area contributed by atoms with Crippen molar-refractivity contribution in [2.75, 3.05) is 11.3 Å². The molecule has 0 aliphatic carbocycles. The molecule has 0 amide bonds. The average molecular weight is 317 g/mol. The van der Waals surface area contributed by atoms with Crippen LogP contribution in [0.25, 0.3) is 0 Å². The van der Waals surface area contributed by atoms with Crippen LogP contribution in [0.4, 0.5) is 5.95 Å². The van der Waals surface area contributed by atoms with Gasteiger partial charge in [0.05, 0.1) is 11.6 Å². The van der Waals surface area contributed by atoms with Gasteiger partial charge in [0.15, 0.2) is 0 Å². The predicted octanol–water partition coefficient (Wildman–Crippen LogP) is 1.97. The molecule has 0 unspecified atom stereocenters. The lowest BCUT2D eigenvalue weighted by molar-refractivity contribution is 0.314. The topological polar surface area (TPSA) is 97.0 Å². The minimum absolute atomic E-state index is 0.0286. The van der Waals surface area contributed by atoms with Crippen LogP contribution in [0.15, 0.2) is 23.1 Å². The molecule has 0 aliphatic heterocycles. The number of nitrogens with zero attached hydrogens (tertiary/aromatic N) is 2. The molecule has 108 valence electrons. The molecule has 0 radical (unpaired) electrons. The standard InChI is InChI=1S/C11H13ClN4O3S/c1-3-19-11-13-10(14-15-11)16-20(17,18)9-5-4-7(2)6-8(9)12/h4-6H,3H2,1-2H3,(H2,13,14,15,16). The van der Waals surface area contributed by atoms with Gasteiger partial charge in [-0.25, -0.2) is 18.2 Å². The van der Waals surface area contributed by atoms with Crippen LogP contribution in [0, 0.1) is 6.92 Å². The van der Waals surface area contributed by atoms with Crippen molar-refractivity contribution in [3.63, 3.8) is 0 Å². The maximum absolute atomic E-state index is 12.2. The summed E-state index contributed by atoms with van der Waals surface area (Å²) in [6.45, 7) is 3.97. The highest BCUT2D eigenvalue weighted by Crippen LogP contribution is 2.24. The van der Waals surface area contributed by atoms with Gasteiger partial charge in [0.25, 0.3) is 10.0 Å². The molecule has 7 nitrogen and oxygen atoms in total. The zero-order chi connectivity index (χ0) is 14.8. The van der Waals surface area contributed by atoms with Gasteiger partial charge in [-0.05, 0) is 31.5 Å². The predicted molar refractivity (Wildman–Crippen MR) is 74.5 cm³/mol. The number of benzene rings is 1. The molecule has 0 saturated carbocycles. The first-order valence-corrected chi connectivity index (χ1v) is 7.62. The summed E-state index contributed by atoms with van der Waals surface area (Å²) < 4.78 is 31.6. The summed E-state index contributed by atoms with van der Waals surface area (Å²) in [5, 5.41) is 6.27. The van der Waals surface area contributed by atoms with E-state index in [9.17, 15) is 8.42 Å². The van der Waals surface area contributed by atoms with Crippen molar-refractivity contribution >= 4 is 27.6 Å². The molecule has 0 saturated heterocycles. The summed E-state index contributed by atoms with van der Waals surface area (Å²) in [7, 11) is -3.83. The van der Waals surface area contributed by atoms with E-state index in [2.05, 4.69) is 19.9 Å². The van der Waals surface area contributed by atoms with Gasteiger partial charge < -0.3 is 4.74 Å². The Morgan fingerprint density at radius 2 is 2.20 bits per heavy atom. The van der Waals surface area contributed by atoms with Crippen LogP contribution in [0.2, 0.25) is 5.02 Å². The Morgan fingerprint density at radius 3 is 2.85 bits per heavy atom. The van der Waals surface area contributed by atoms with Gasteiger partial charge in [-0.15, -0.1) is 5.10 Å². The van der Waals surface area contributed by atoms with Gasteiger partial charge in [0.2, 0.25) is 5.95 Å². The molecule has 0 bridgehead atoms. The second-order valence-corrected chi connectivity index (χ2v) is 6.00. The number of hydrogen-bond acceptors (Lipinski definition) is 5. The van der Waals surface area contributed by atoms with Crippen molar-refractivity contribution in [3.05, 3.63) is 28.8 Å². The third-order valence-electron chi connectivity index (χ3n) is 2.35. The van der Waals surface area contributed by atoms with Gasteiger partial charge in [0, 0.05) is 0 Å². The molecule has 2 rings (SSSR count). The van der Waals surface area contributed by atoms with Crippen LogP contribution in [0.5, 0.6) is 6.01 Å². The second kappa shape index (κ2) is 5.68. The van der Waals surface area contributed by atoms with Crippen LogP contribution >= 0.6 is 11.6 Å². The van der Waals surface area contributed by atoms with Crippen molar-refractivity contribution in [1.82, 2.24) is 15.2 Å². The van der Waals surface area contributed by atoms with E-state index in [0.717, 1.165) is 5.56 Å². The lowest BCUT2D eigenvalue weighted by Crippen LogP contribution is -2.14. The average Bonchev–Trinajstić information content (AvgIpc) is 2.75. The van der Waals surface area contributed by atoms with Gasteiger partial charge in [-0.3, -0.25) is 0 Å². The van der Waals surface area contributed by atoms with E-state index >= 15 is 0 Å². The second-order valence-electron chi connectivity index (χ2n) is 3.94. The normalized spacial score (nSPS) is 11.3. The molecule has 1 aromatic carbocycles. The summed E-state index contributed by atoms with van der Waals surface area (Å²) >= 11 is 5.95. The Labute approximate surface area is 121 Å². The molecule has 20 heavy (non-hydrogen) atoms. The van der Waals surface area contributed by atoms with Crippen LogP contribution in [-0.2, 0) is 10.0 Å². The zero-order valence-corrected chi connectivity index (χ0v) is 12.4. The smallest absolute Gasteiger partial charge is 0.337 e. The number of nitrogens with one attached hydrogen (secondary N) is 2. The maximum atomic E-state index is 12.2. The summed E-state index contributed by atoms with van der Waals surface area (Å²) in [5.74, 6) is -0.0370. The zero-order valence-electron chi connectivity index (χ0n) is 10.8. The molecule has 9 heteroatoms. The number of aryl methyl sites for hydroxylation is 1. The number of H-pyrrole nitrogens is 1.